The predicted molar refractivity (Wildman–Crippen MR) is 59.8 cm³/mol. The molecular formula is C10H16CaO5. The van der Waals surface area contributed by atoms with Gasteiger partial charge < -0.3 is 12.3 Å². The van der Waals surface area contributed by atoms with Crippen LogP contribution in [0.15, 0.2) is 12.7 Å². The van der Waals surface area contributed by atoms with Gasteiger partial charge in [-0.05, 0) is 12.8 Å². The molecule has 0 spiro atoms. The molecule has 0 saturated heterocycles. The van der Waals surface area contributed by atoms with E-state index in [1.54, 1.807) is 0 Å². The van der Waals surface area contributed by atoms with E-state index in [-0.39, 0.29) is 59.4 Å². The number of carbonyl (C=O) groups is 3. The van der Waals surface area contributed by atoms with Crippen LogP contribution in [0.1, 0.15) is 28.5 Å². The molecule has 0 atom stereocenters. The van der Waals surface area contributed by atoms with Gasteiger partial charge in [0.2, 0.25) is 0 Å². The molecule has 0 saturated carbocycles. The monoisotopic (exact) mass is 256 g/mol. The summed E-state index contributed by atoms with van der Waals surface area (Å²) in [6.45, 7) is 3.16. The molecule has 88 valence electrons. The van der Waals surface area contributed by atoms with Gasteiger partial charge in [-0.3, -0.25) is 9.59 Å². The van der Waals surface area contributed by atoms with Gasteiger partial charge in [0.15, 0.2) is 0 Å². The maximum atomic E-state index is 10.9. The van der Waals surface area contributed by atoms with E-state index in [1.807, 2.05) is 0 Å². The Balaban J connectivity index is -0.000000327. The van der Waals surface area contributed by atoms with E-state index in [2.05, 4.69) is 16.1 Å². The molecule has 5 nitrogen and oxygen atoms in total. The molecule has 0 aromatic carbocycles. The second-order valence-electron chi connectivity index (χ2n) is 2.78. The van der Waals surface area contributed by atoms with Crippen LogP contribution in [0.25, 0.3) is 0 Å². The van der Waals surface area contributed by atoms with Crippen LogP contribution in [-0.4, -0.2) is 62.8 Å². The van der Waals surface area contributed by atoms with Crippen molar-refractivity contribution in [1.82, 2.24) is 0 Å². The predicted octanol–water partition coefficient (Wildman–Crippen LogP) is 0.820. The van der Waals surface area contributed by atoms with Gasteiger partial charge in [-0.1, -0.05) is 6.58 Å². The third kappa shape index (κ3) is 10.1. The van der Waals surface area contributed by atoms with Crippen molar-refractivity contribution in [2.45, 2.75) is 25.7 Å². The summed E-state index contributed by atoms with van der Waals surface area (Å²) in [4.78, 5) is 32.2. The molecule has 0 aliphatic carbocycles. The molecule has 0 fully saturated rings. The fourth-order valence-electron chi connectivity index (χ4n) is 0.846. The number of hydrogen-bond donors (Lipinski definition) is 0. The van der Waals surface area contributed by atoms with Gasteiger partial charge in [0.05, 0.1) is 7.11 Å². The number of ether oxygens (including phenoxy) is 2. The van der Waals surface area contributed by atoms with Crippen molar-refractivity contribution in [3.8, 4) is 0 Å². The van der Waals surface area contributed by atoms with E-state index in [0.717, 1.165) is 6.08 Å². The molecule has 0 rings (SSSR count). The second kappa shape index (κ2) is 11.1. The van der Waals surface area contributed by atoms with Crippen LogP contribution in [0.4, 0.5) is 0 Å². The molecule has 0 heterocycles. The zero-order chi connectivity index (χ0) is 11.7. The van der Waals surface area contributed by atoms with Crippen LogP contribution >= 0.6 is 0 Å². The summed E-state index contributed by atoms with van der Waals surface area (Å²) in [5, 5.41) is 0. The molecule has 6 heteroatoms. The molecule has 0 aliphatic rings. The van der Waals surface area contributed by atoms with Crippen molar-refractivity contribution >= 4 is 55.6 Å². The summed E-state index contributed by atoms with van der Waals surface area (Å²) in [5.41, 5.74) is 0. The molecule has 0 bridgehead atoms. The quantitative estimate of drug-likeness (QED) is 0.231. The Morgan fingerprint density at radius 3 is 2.12 bits per heavy atom. The van der Waals surface area contributed by atoms with Crippen LogP contribution in [-0.2, 0) is 23.9 Å². The fourth-order valence-corrected chi connectivity index (χ4v) is 0.846. The van der Waals surface area contributed by atoms with Gasteiger partial charge in [0, 0.05) is 18.9 Å². The van der Waals surface area contributed by atoms with E-state index in [9.17, 15) is 14.4 Å². The van der Waals surface area contributed by atoms with Crippen molar-refractivity contribution in [2.24, 2.45) is 0 Å². The Labute approximate surface area is 127 Å². The third-order valence-electron chi connectivity index (χ3n) is 1.62. The first kappa shape index (κ1) is 18.0. The summed E-state index contributed by atoms with van der Waals surface area (Å²) in [5.74, 6) is -1.68. The van der Waals surface area contributed by atoms with Crippen LogP contribution in [0.3, 0.4) is 0 Å². The van der Waals surface area contributed by atoms with E-state index in [0.29, 0.717) is 12.8 Å². The maximum absolute atomic E-state index is 10.9. The van der Waals surface area contributed by atoms with Gasteiger partial charge in [0.25, 0.3) is 0 Å². The third-order valence-corrected chi connectivity index (χ3v) is 1.62. The molecule has 0 aliphatic heterocycles. The Bertz CT molecular complexity index is 271. The Morgan fingerprint density at radius 2 is 1.69 bits per heavy atom. The summed E-state index contributed by atoms with van der Waals surface area (Å²) >= 11 is 0. The van der Waals surface area contributed by atoms with E-state index < -0.39 is 11.9 Å². The van der Waals surface area contributed by atoms with Crippen LogP contribution in [0.5, 0.6) is 0 Å². The number of rotatable bonds is 6. The van der Waals surface area contributed by atoms with Crippen molar-refractivity contribution in [2.75, 3.05) is 7.11 Å². The van der Waals surface area contributed by atoms with Gasteiger partial charge in [-0.25, -0.2) is 4.79 Å². The zero-order valence-corrected chi connectivity index (χ0v) is 11.6. The normalized spacial score (nSPS) is 8.56. The molecule has 0 radical (unpaired) electrons. The van der Waals surface area contributed by atoms with E-state index in [4.69, 9.17) is 0 Å². The maximum Gasteiger partial charge on any atom is 2.00 e. The number of methoxy groups -OCH3 is 1. The summed E-state index contributed by atoms with van der Waals surface area (Å²) < 4.78 is 8.74. The molecule has 0 aromatic heterocycles. The van der Waals surface area contributed by atoms with Crippen molar-refractivity contribution < 1.29 is 26.7 Å². The average molecular weight is 256 g/mol. The number of esters is 3. The molecule has 0 N–H and O–H groups in total. The van der Waals surface area contributed by atoms with Gasteiger partial charge in [0.1, 0.15) is 0 Å². The van der Waals surface area contributed by atoms with Crippen LogP contribution in [0.2, 0.25) is 0 Å². The first-order chi connectivity index (χ1) is 7.10. The van der Waals surface area contributed by atoms with E-state index >= 15 is 0 Å². The first-order valence-corrected chi connectivity index (χ1v) is 4.54. The summed E-state index contributed by atoms with van der Waals surface area (Å²) in [7, 11) is 1.30. The van der Waals surface area contributed by atoms with Crippen molar-refractivity contribution in [1.29, 1.82) is 0 Å². The minimum absolute atomic E-state index is 0. The van der Waals surface area contributed by atoms with Gasteiger partial charge in [-0.2, -0.15) is 0 Å². The summed E-state index contributed by atoms with van der Waals surface area (Å²) in [6.07, 6.45) is 2.31. The number of hydrogen-bond acceptors (Lipinski definition) is 5. The molecule has 0 unspecified atom stereocenters. The van der Waals surface area contributed by atoms with Crippen molar-refractivity contribution in [3.05, 3.63) is 12.7 Å². The Morgan fingerprint density at radius 1 is 1.19 bits per heavy atom. The average Bonchev–Trinajstić information content (AvgIpc) is 2.23. The van der Waals surface area contributed by atoms with Crippen LogP contribution < -0.4 is 0 Å². The molecule has 16 heavy (non-hydrogen) atoms. The smallest absolute Gasteiger partial charge is 1.00 e. The Kier molecular flexibility index (Phi) is 12.5. The minimum Gasteiger partial charge on any atom is -1.00 e. The zero-order valence-electron chi connectivity index (χ0n) is 11.4. The standard InChI is InChI=1S/C10H14O5.Ca.2H/c1-3-8(11)15-10(13)7-5-4-6-9(12)14-2;;;/h3H,1,4-7H2,2H3;;;/q;+2;2*-1. The molecular weight excluding hydrogens is 240 g/mol. The van der Waals surface area contributed by atoms with Crippen LogP contribution in [0, 0.1) is 0 Å². The van der Waals surface area contributed by atoms with Gasteiger partial charge >= 0.3 is 55.6 Å². The topological polar surface area (TPSA) is 69.7 Å². The molecule has 0 amide bonds. The number of carbonyl (C=O) groups excluding carboxylic acids is 3. The summed E-state index contributed by atoms with van der Waals surface area (Å²) in [6, 6.07) is 0. The van der Waals surface area contributed by atoms with E-state index in [1.165, 1.54) is 7.11 Å². The minimum atomic E-state index is -0.757. The second-order valence-corrected chi connectivity index (χ2v) is 2.78. The first-order valence-electron chi connectivity index (χ1n) is 4.54. The Hall–Kier alpha value is -0.390. The van der Waals surface area contributed by atoms with Crippen molar-refractivity contribution in [3.63, 3.8) is 0 Å². The number of unbranched alkanes of at least 4 members (excludes halogenated alkanes) is 1. The van der Waals surface area contributed by atoms with Gasteiger partial charge in [-0.15, -0.1) is 0 Å². The molecule has 0 aromatic rings. The fraction of sp³-hybridized carbons (Fsp3) is 0.500. The SMILES string of the molecule is C=CC(=O)OC(=O)CCCCC(=O)OC.[Ca+2].[H-].[H-]. The largest absolute Gasteiger partial charge is 2.00 e.